The quantitative estimate of drug-likeness (QED) is 0.297. The lowest BCUT2D eigenvalue weighted by Gasteiger charge is -2.39. The molecule has 1 aromatic heterocycles. The van der Waals surface area contributed by atoms with Crippen LogP contribution < -0.4 is 5.32 Å². The molecule has 1 aromatic carbocycles. The minimum absolute atomic E-state index is 0.403. The van der Waals surface area contributed by atoms with Gasteiger partial charge in [0.25, 0.3) is 0 Å². The summed E-state index contributed by atoms with van der Waals surface area (Å²) in [4.78, 5) is 0. The van der Waals surface area contributed by atoms with Gasteiger partial charge in [0.05, 0.1) is 6.10 Å². The van der Waals surface area contributed by atoms with Crippen molar-refractivity contribution in [3.63, 3.8) is 0 Å². The fourth-order valence-electron chi connectivity index (χ4n) is 5.16. The smallest absolute Gasteiger partial charge is 0.0576 e. The van der Waals surface area contributed by atoms with Crippen LogP contribution in [-0.4, -0.2) is 23.3 Å². The van der Waals surface area contributed by atoms with Gasteiger partial charge in [-0.3, -0.25) is 0 Å². The second-order valence-electron chi connectivity index (χ2n) is 12.5. The van der Waals surface area contributed by atoms with E-state index in [1.807, 2.05) is 0 Å². The first-order valence-electron chi connectivity index (χ1n) is 14.1. The van der Waals surface area contributed by atoms with Gasteiger partial charge in [-0.05, 0) is 73.6 Å². The Bertz CT molecular complexity index is 852. The first kappa shape index (κ1) is 27.1. The zero-order chi connectivity index (χ0) is 24.6. The predicted octanol–water partition coefficient (Wildman–Crippen LogP) is 9.11. The van der Waals surface area contributed by atoms with Crippen molar-refractivity contribution >= 4 is 16.6 Å². The van der Waals surface area contributed by atoms with Gasteiger partial charge in [0.15, 0.2) is 0 Å². The van der Waals surface area contributed by atoms with Crippen LogP contribution >= 0.6 is 0 Å². The van der Waals surface area contributed by atoms with Crippen LogP contribution in [0.2, 0.25) is 0 Å². The Kier molecular flexibility index (Phi) is 9.95. The molecular formula is C31H52N2O. The van der Waals surface area contributed by atoms with Crippen molar-refractivity contribution in [1.29, 1.82) is 0 Å². The second-order valence-corrected chi connectivity index (χ2v) is 12.5. The van der Waals surface area contributed by atoms with Gasteiger partial charge in [-0.2, -0.15) is 0 Å². The summed E-state index contributed by atoms with van der Waals surface area (Å²) in [6.07, 6.45) is 18.2. The van der Waals surface area contributed by atoms with E-state index in [2.05, 4.69) is 82.0 Å². The van der Waals surface area contributed by atoms with Crippen LogP contribution in [0.5, 0.6) is 0 Å². The van der Waals surface area contributed by atoms with Gasteiger partial charge in [-0.15, -0.1) is 0 Å². The van der Waals surface area contributed by atoms with Crippen LogP contribution in [0, 0.1) is 10.8 Å². The molecule has 0 amide bonds. The van der Waals surface area contributed by atoms with Crippen LogP contribution in [0.3, 0.4) is 0 Å². The Morgan fingerprint density at radius 1 is 0.853 bits per heavy atom. The van der Waals surface area contributed by atoms with E-state index in [0.29, 0.717) is 23.0 Å². The van der Waals surface area contributed by atoms with Crippen LogP contribution in [0.25, 0.3) is 10.9 Å². The average Bonchev–Trinajstić information content (AvgIpc) is 3.15. The zero-order valence-corrected chi connectivity index (χ0v) is 23.1. The number of nitrogens with zero attached hydrogens (tertiary/aromatic N) is 1. The monoisotopic (exact) mass is 468 g/mol. The van der Waals surface area contributed by atoms with Crippen LogP contribution in [0.1, 0.15) is 112 Å². The molecule has 0 atom stereocenters. The molecule has 1 fully saturated rings. The van der Waals surface area contributed by atoms with Gasteiger partial charge in [0, 0.05) is 42.5 Å². The Morgan fingerprint density at radius 3 is 2.18 bits per heavy atom. The number of rotatable bonds is 13. The molecule has 0 saturated heterocycles. The van der Waals surface area contributed by atoms with Crippen molar-refractivity contribution in [2.45, 2.75) is 124 Å². The summed E-state index contributed by atoms with van der Waals surface area (Å²) < 4.78 is 8.40. The number of hydrogen-bond donors (Lipinski definition) is 1. The van der Waals surface area contributed by atoms with Crippen LogP contribution in [0.4, 0.5) is 5.69 Å². The average molecular weight is 469 g/mol. The van der Waals surface area contributed by atoms with E-state index in [0.717, 1.165) is 6.61 Å². The first-order valence-corrected chi connectivity index (χ1v) is 14.1. The highest BCUT2D eigenvalue weighted by molar-refractivity contribution is 5.83. The van der Waals surface area contributed by atoms with Crippen molar-refractivity contribution in [2.75, 3.05) is 11.9 Å². The first-order chi connectivity index (χ1) is 16.2. The predicted molar refractivity (Wildman–Crippen MR) is 149 cm³/mol. The number of aromatic nitrogens is 1. The molecule has 34 heavy (non-hydrogen) atoms. The maximum absolute atomic E-state index is 6.23. The Hall–Kier alpha value is -1.48. The third-order valence-corrected chi connectivity index (χ3v) is 8.76. The fourth-order valence-corrected chi connectivity index (χ4v) is 5.16. The van der Waals surface area contributed by atoms with E-state index in [4.69, 9.17) is 4.74 Å². The van der Waals surface area contributed by atoms with E-state index in [1.54, 1.807) is 0 Å². The van der Waals surface area contributed by atoms with Gasteiger partial charge in [-0.25, -0.2) is 0 Å². The largest absolute Gasteiger partial charge is 0.382 e. The van der Waals surface area contributed by atoms with E-state index in [1.165, 1.54) is 93.6 Å². The lowest BCUT2D eigenvalue weighted by molar-refractivity contribution is 0.0243. The SMILES string of the molecule is Cn1ccc2cc(NC3CCC(OCCCCCCCCCC(C)(C)C(C)(C)C)CC3)ccc21. The summed E-state index contributed by atoms with van der Waals surface area (Å²) in [5.74, 6) is 0. The molecule has 3 heteroatoms. The number of aryl methyl sites for hydroxylation is 1. The maximum Gasteiger partial charge on any atom is 0.0576 e. The van der Waals surface area contributed by atoms with Crippen molar-refractivity contribution in [3.05, 3.63) is 30.5 Å². The molecule has 0 bridgehead atoms. The molecule has 2 aromatic rings. The minimum atomic E-state index is 0.403. The normalized spacial score (nSPS) is 19.6. The number of benzene rings is 1. The van der Waals surface area contributed by atoms with Gasteiger partial charge in [0.2, 0.25) is 0 Å². The summed E-state index contributed by atoms with van der Waals surface area (Å²) in [5, 5.41) is 5.07. The van der Waals surface area contributed by atoms with E-state index in [-0.39, 0.29) is 0 Å². The van der Waals surface area contributed by atoms with E-state index < -0.39 is 0 Å². The third-order valence-electron chi connectivity index (χ3n) is 8.76. The molecule has 1 aliphatic rings. The summed E-state index contributed by atoms with van der Waals surface area (Å²) >= 11 is 0. The second kappa shape index (κ2) is 12.5. The minimum Gasteiger partial charge on any atom is -0.382 e. The molecule has 3 rings (SSSR count). The highest BCUT2D eigenvalue weighted by atomic mass is 16.5. The number of nitrogens with one attached hydrogen (secondary N) is 1. The Balaban J connectivity index is 1.18. The molecule has 0 unspecified atom stereocenters. The van der Waals surface area contributed by atoms with Crippen molar-refractivity contribution in [3.8, 4) is 0 Å². The molecule has 0 aliphatic heterocycles. The lowest BCUT2D eigenvalue weighted by atomic mass is 9.67. The molecule has 0 spiro atoms. The molecular weight excluding hydrogens is 416 g/mol. The zero-order valence-electron chi connectivity index (χ0n) is 23.1. The standard InChI is InChI=1S/C31H52N2O/c1-30(2,3)31(4,5)21-12-10-8-7-9-11-13-23-34-28-17-14-26(15-18-28)32-27-16-19-29-25(24-27)20-22-33(29)6/h16,19-20,22,24,26,28,32H,7-15,17-18,21,23H2,1-6H3. The number of hydrogen-bond acceptors (Lipinski definition) is 2. The molecule has 1 saturated carbocycles. The summed E-state index contributed by atoms with van der Waals surface area (Å²) in [6, 6.07) is 9.50. The number of fused-ring (bicyclic) bond motifs is 1. The van der Waals surface area contributed by atoms with Crippen molar-refractivity contribution in [1.82, 2.24) is 4.57 Å². The number of anilines is 1. The molecule has 1 aliphatic carbocycles. The van der Waals surface area contributed by atoms with E-state index >= 15 is 0 Å². The van der Waals surface area contributed by atoms with Crippen LogP contribution in [0.15, 0.2) is 30.5 Å². The molecule has 3 nitrogen and oxygen atoms in total. The number of unbranched alkanes of at least 4 members (excludes halogenated alkanes) is 6. The summed E-state index contributed by atoms with van der Waals surface area (Å²) in [6.45, 7) is 13.0. The topological polar surface area (TPSA) is 26.2 Å². The third kappa shape index (κ3) is 8.04. The number of ether oxygens (including phenoxy) is 1. The summed E-state index contributed by atoms with van der Waals surface area (Å²) in [7, 11) is 2.10. The molecule has 0 radical (unpaired) electrons. The Labute approximate surface area is 210 Å². The van der Waals surface area contributed by atoms with Gasteiger partial charge in [0.1, 0.15) is 0 Å². The lowest BCUT2D eigenvalue weighted by Crippen LogP contribution is -2.30. The maximum atomic E-state index is 6.23. The molecule has 1 N–H and O–H groups in total. The Morgan fingerprint density at radius 2 is 1.50 bits per heavy atom. The van der Waals surface area contributed by atoms with Gasteiger partial charge >= 0.3 is 0 Å². The molecule has 192 valence electrons. The van der Waals surface area contributed by atoms with E-state index in [9.17, 15) is 0 Å². The molecule has 1 heterocycles. The summed E-state index contributed by atoms with van der Waals surface area (Å²) in [5.41, 5.74) is 3.39. The highest BCUT2D eigenvalue weighted by Crippen LogP contribution is 2.42. The van der Waals surface area contributed by atoms with Crippen molar-refractivity contribution in [2.24, 2.45) is 17.9 Å². The van der Waals surface area contributed by atoms with Crippen LogP contribution in [-0.2, 0) is 11.8 Å². The fraction of sp³-hybridized carbons (Fsp3) is 0.742. The van der Waals surface area contributed by atoms with Crippen molar-refractivity contribution < 1.29 is 4.74 Å². The van der Waals surface area contributed by atoms with Gasteiger partial charge in [-0.1, -0.05) is 73.1 Å². The van der Waals surface area contributed by atoms with Gasteiger partial charge < -0.3 is 14.6 Å². The highest BCUT2D eigenvalue weighted by Gasteiger charge is 2.31.